The van der Waals surface area contributed by atoms with Crippen LogP contribution < -0.4 is 5.32 Å². The molecule has 0 aromatic carbocycles. The Morgan fingerprint density at radius 3 is 2.87 bits per heavy atom. The minimum Gasteiger partial charge on any atom is -0.342 e. The van der Waals surface area contributed by atoms with Gasteiger partial charge in [-0.2, -0.15) is 5.10 Å². The largest absolute Gasteiger partial charge is 0.342 e. The van der Waals surface area contributed by atoms with Gasteiger partial charge in [0.2, 0.25) is 0 Å². The van der Waals surface area contributed by atoms with Gasteiger partial charge in [0.15, 0.2) is 11.5 Å². The van der Waals surface area contributed by atoms with Gasteiger partial charge in [0.1, 0.15) is 0 Å². The highest BCUT2D eigenvalue weighted by Crippen LogP contribution is 2.19. The van der Waals surface area contributed by atoms with Gasteiger partial charge in [0.25, 0.3) is 5.91 Å². The fourth-order valence-corrected chi connectivity index (χ4v) is 2.61. The van der Waals surface area contributed by atoms with E-state index in [2.05, 4.69) is 27.5 Å². The number of fused-ring (bicyclic) bond motifs is 1. The topological polar surface area (TPSA) is 77.1 Å². The van der Waals surface area contributed by atoms with Crippen LogP contribution in [0.5, 0.6) is 0 Å². The molecule has 0 aliphatic rings. The van der Waals surface area contributed by atoms with Gasteiger partial charge in [-0.25, -0.2) is 0 Å². The molecule has 0 aliphatic heterocycles. The molecule has 0 saturated heterocycles. The summed E-state index contributed by atoms with van der Waals surface area (Å²) < 4.78 is 3.60. The zero-order valence-corrected chi connectivity index (χ0v) is 13.5. The van der Waals surface area contributed by atoms with Crippen molar-refractivity contribution < 1.29 is 4.79 Å². The minimum atomic E-state index is -0.190. The number of hydrogen-bond donors (Lipinski definition) is 1. The third-order valence-electron chi connectivity index (χ3n) is 4.01. The number of aromatic nitrogens is 5. The number of pyridine rings is 1. The van der Waals surface area contributed by atoms with Crippen molar-refractivity contribution in [3.05, 3.63) is 47.7 Å². The molecule has 0 fully saturated rings. The van der Waals surface area contributed by atoms with Crippen LogP contribution in [0.4, 0.5) is 0 Å². The second-order valence-electron chi connectivity index (χ2n) is 5.57. The number of hydrogen-bond acceptors (Lipinski definition) is 4. The van der Waals surface area contributed by atoms with Crippen LogP contribution in [0.2, 0.25) is 0 Å². The van der Waals surface area contributed by atoms with Gasteiger partial charge in [0.05, 0.1) is 17.8 Å². The number of carbonyl (C=O) groups is 1. The number of nitrogens with zero attached hydrogens (tertiary/aromatic N) is 5. The Morgan fingerprint density at radius 2 is 2.17 bits per heavy atom. The predicted octanol–water partition coefficient (Wildman–Crippen LogP) is 2.04. The van der Waals surface area contributed by atoms with Crippen LogP contribution in [0.1, 0.15) is 47.7 Å². The van der Waals surface area contributed by atoms with E-state index in [0.717, 1.165) is 30.0 Å². The van der Waals surface area contributed by atoms with Gasteiger partial charge in [0, 0.05) is 18.9 Å². The van der Waals surface area contributed by atoms with Crippen molar-refractivity contribution in [3.8, 4) is 0 Å². The fourth-order valence-electron chi connectivity index (χ4n) is 2.61. The van der Waals surface area contributed by atoms with Crippen LogP contribution in [0.3, 0.4) is 0 Å². The summed E-state index contributed by atoms with van der Waals surface area (Å²) in [6.07, 6.45) is 5.23. The van der Waals surface area contributed by atoms with Crippen LogP contribution in [-0.4, -0.2) is 30.3 Å². The third-order valence-corrected chi connectivity index (χ3v) is 4.01. The zero-order chi connectivity index (χ0) is 16.4. The summed E-state index contributed by atoms with van der Waals surface area (Å²) >= 11 is 0. The molecule has 7 heteroatoms. The Bertz CT molecular complexity index is 834. The molecule has 0 saturated carbocycles. The van der Waals surface area contributed by atoms with Crippen LogP contribution in [0.25, 0.3) is 5.65 Å². The van der Waals surface area contributed by atoms with E-state index >= 15 is 0 Å². The molecule has 3 rings (SSSR count). The van der Waals surface area contributed by atoms with E-state index in [1.807, 2.05) is 42.8 Å². The van der Waals surface area contributed by atoms with Crippen molar-refractivity contribution in [1.82, 2.24) is 29.7 Å². The molecule has 3 heterocycles. The molecular weight excluding hydrogens is 292 g/mol. The molecule has 0 radical (unpaired) electrons. The summed E-state index contributed by atoms with van der Waals surface area (Å²) in [4.78, 5) is 12.6. The summed E-state index contributed by atoms with van der Waals surface area (Å²) in [6, 6.07) is 5.55. The smallest absolute Gasteiger partial charge is 0.255 e. The summed E-state index contributed by atoms with van der Waals surface area (Å²) in [5.41, 5.74) is 2.20. The van der Waals surface area contributed by atoms with Gasteiger partial charge >= 0.3 is 0 Å². The minimum absolute atomic E-state index is 0.137. The van der Waals surface area contributed by atoms with Crippen molar-refractivity contribution in [2.24, 2.45) is 7.05 Å². The van der Waals surface area contributed by atoms with Crippen LogP contribution in [0, 0.1) is 6.92 Å². The van der Waals surface area contributed by atoms with E-state index in [4.69, 9.17) is 0 Å². The highest BCUT2D eigenvalue weighted by molar-refractivity contribution is 5.95. The first-order chi connectivity index (χ1) is 11.1. The lowest BCUT2D eigenvalue weighted by molar-refractivity contribution is 0.0931. The normalized spacial score (nSPS) is 12.5. The average Bonchev–Trinajstić information content (AvgIpc) is 3.11. The zero-order valence-electron chi connectivity index (χ0n) is 13.5. The molecule has 0 spiro atoms. The van der Waals surface area contributed by atoms with E-state index in [0.29, 0.717) is 5.56 Å². The van der Waals surface area contributed by atoms with Gasteiger partial charge < -0.3 is 5.32 Å². The Morgan fingerprint density at radius 1 is 1.35 bits per heavy atom. The maximum atomic E-state index is 12.6. The molecule has 0 aliphatic carbocycles. The van der Waals surface area contributed by atoms with Gasteiger partial charge in [-0.15, -0.1) is 10.2 Å². The van der Waals surface area contributed by atoms with Gasteiger partial charge in [-0.05, 0) is 25.5 Å². The summed E-state index contributed by atoms with van der Waals surface area (Å²) in [5.74, 6) is 0.610. The van der Waals surface area contributed by atoms with Crippen LogP contribution in [-0.2, 0) is 7.05 Å². The number of nitrogens with one attached hydrogen (secondary N) is 1. The molecule has 3 aromatic rings. The number of aryl methyl sites for hydroxylation is 1. The first-order valence-corrected chi connectivity index (χ1v) is 7.71. The van der Waals surface area contributed by atoms with Gasteiger partial charge in [-0.3, -0.25) is 13.9 Å². The number of rotatable bonds is 5. The molecule has 1 N–H and O–H groups in total. The monoisotopic (exact) mass is 312 g/mol. The van der Waals surface area contributed by atoms with Crippen molar-refractivity contribution in [2.75, 3.05) is 0 Å². The van der Waals surface area contributed by atoms with E-state index in [1.54, 1.807) is 10.9 Å². The average molecular weight is 312 g/mol. The molecule has 7 nitrogen and oxygen atoms in total. The lowest BCUT2D eigenvalue weighted by Gasteiger charge is -2.16. The summed E-state index contributed by atoms with van der Waals surface area (Å²) in [7, 11) is 1.82. The molecule has 0 unspecified atom stereocenters. The molecule has 23 heavy (non-hydrogen) atoms. The highest BCUT2D eigenvalue weighted by atomic mass is 16.1. The first-order valence-electron chi connectivity index (χ1n) is 7.71. The Labute approximate surface area is 134 Å². The van der Waals surface area contributed by atoms with Crippen LogP contribution in [0.15, 0.2) is 30.6 Å². The van der Waals surface area contributed by atoms with Crippen molar-refractivity contribution in [3.63, 3.8) is 0 Å². The predicted molar refractivity (Wildman–Crippen MR) is 86.0 cm³/mol. The SMILES string of the molecule is CCC[C@H](NC(=O)c1cnn(C)c1C)c1nnc2ccccn12. The molecule has 120 valence electrons. The first kappa shape index (κ1) is 15.2. The maximum Gasteiger partial charge on any atom is 0.255 e. The molecule has 3 aromatic heterocycles. The summed E-state index contributed by atoms with van der Waals surface area (Å²) in [6.45, 7) is 3.96. The van der Waals surface area contributed by atoms with E-state index in [1.165, 1.54) is 0 Å². The lowest BCUT2D eigenvalue weighted by Crippen LogP contribution is -2.30. The molecular formula is C16H20N6O. The van der Waals surface area contributed by atoms with Gasteiger partial charge in [-0.1, -0.05) is 19.4 Å². The maximum absolute atomic E-state index is 12.6. The highest BCUT2D eigenvalue weighted by Gasteiger charge is 2.22. The third kappa shape index (κ3) is 2.81. The van der Waals surface area contributed by atoms with Crippen LogP contribution >= 0.6 is 0 Å². The van der Waals surface area contributed by atoms with Crippen molar-refractivity contribution in [1.29, 1.82) is 0 Å². The Kier molecular flexibility index (Phi) is 4.10. The van der Waals surface area contributed by atoms with Crippen molar-refractivity contribution in [2.45, 2.75) is 32.7 Å². The molecule has 0 bridgehead atoms. The second-order valence-corrected chi connectivity index (χ2v) is 5.57. The Hall–Kier alpha value is -2.70. The van der Waals surface area contributed by atoms with Crippen molar-refractivity contribution >= 4 is 11.6 Å². The second kappa shape index (κ2) is 6.20. The number of carbonyl (C=O) groups excluding carboxylic acids is 1. The van der Waals surface area contributed by atoms with E-state index < -0.39 is 0 Å². The van der Waals surface area contributed by atoms with E-state index in [-0.39, 0.29) is 11.9 Å². The molecule has 1 amide bonds. The number of amides is 1. The summed E-state index contributed by atoms with van der Waals surface area (Å²) in [5, 5.41) is 15.6. The quantitative estimate of drug-likeness (QED) is 0.782. The standard InChI is InChI=1S/C16H20N6O/c1-4-7-13(15-20-19-14-8-5-6-9-22(14)15)18-16(23)12-10-17-21(3)11(12)2/h5-6,8-10,13H,4,7H2,1-3H3,(H,18,23)/t13-/m0/s1. The van der Waals surface area contributed by atoms with E-state index in [9.17, 15) is 4.79 Å². The fraction of sp³-hybridized carbons (Fsp3) is 0.375. The molecule has 1 atom stereocenters. The Balaban J connectivity index is 1.90. The lowest BCUT2D eigenvalue weighted by atomic mass is 10.1.